The fraction of sp³-hybridized carbons (Fsp3) is 0.350. The summed E-state index contributed by atoms with van der Waals surface area (Å²) >= 11 is 0. The molecular formula is C20H23NO. The van der Waals surface area contributed by atoms with Gasteiger partial charge in [-0.2, -0.15) is 0 Å². The number of carbonyl (C=O) groups excluding carboxylic acids is 1. The molecule has 0 spiro atoms. The molecule has 0 radical (unpaired) electrons. The summed E-state index contributed by atoms with van der Waals surface area (Å²) in [5.41, 5.74) is 3.40. The fourth-order valence-electron chi connectivity index (χ4n) is 3.21. The molecule has 2 aromatic rings. The Kier molecular flexibility index (Phi) is 4.89. The molecule has 0 unspecified atom stereocenters. The fourth-order valence-corrected chi connectivity index (χ4v) is 3.21. The van der Waals surface area contributed by atoms with E-state index < -0.39 is 0 Å². The van der Waals surface area contributed by atoms with Crippen LogP contribution in [0.4, 0.5) is 5.69 Å². The molecule has 1 amide bonds. The van der Waals surface area contributed by atoms with E-state index in [1.54, 1.807) is 0 Å². The molecule has 114 valence electrons. The highest BCUT2D eigenvalue weighted by molar-refractivity contribution is 5.93. The van der Waals surface area contributed by atoms with Gasteiger partial charge < -0.3 is 5.32 Å². The molecule has 1 aliphatic carbocycles. The van der Waals surface area contributed by atoms with Gasteiger partial charge in [-0.15, -0.1) is 0 Å². The van der Waals surface area contributed by atoms with Crippen molar-refractivity contribution < 1.29 is 4.79 Å². The summed E-state index contributed by atoms with van der Waals surface area (Å²) in [6, 6.07) is 18.5. The molecule has 0 aliphatic heterocycles. The molecule has 2 aromatic carbocycles. The van der Waals surface area contributed by atoms with Gasteiger partial charge in [0.05, 0.1) is 0 Å². The summed E-state index contributed by atoms with van der Waals surface area (Å²) in [4.78, 5) is 12.5. The van der Waals surface area contributed by atoms with E-state index >= 15 is 0 Å². The highest BCUT2D eigenvalue weighted by Gasteiger charge is 2.21. The van der Waals surface area contributed by atoms with E-state index in [1.165, 1.54) is 30.4 Å². The summed E-state index contributed by atoms with van der Waals surface area (Å²) in [5.74, 6) is 0.388. The summed E-state index contributed by atoms with van der Waals surface area (Å²) < 4.78 is 0. The summed E-state index contributed by atoms with van der Waals surface area (Å²) in [6.07, 6.45) is 6.56. The van der Waals surface area contributed by atoms with Gasteiger partial charge in [0, 0.05) is 11.6 Å². The number of para-hydroxylation sites is 1. The molecule has 2 nitrogen and oxygen atoms in total. The van der Waals surface area contributed by atoms with Crippen LogP contribution in [0.15, 0.2) is 54.6 Å². The number of benzene rings is 2. The highest BCUT2D eigenvalue weighted by Crippen LogP contribution is 2.26. The average molecular weight is 293 g/mol. The molecular weight excluding hydrogens is 270 g/mol. The molecule has 1 N–H and O–H groups in total. The number of nitrogens with one attached hydrogen (secondary N) is 1. The van der Waals surface area contributed by atoms with Crippen molar-refractivity contribution in [3.8, 4) is 0 Å². The molecule has 0 bridgehead atoms. The second-order valence-electron chi connectivity index (χ2n) is 6.14. The smallest absolute Gasteiger partial charge is 0.227 e. The Hall–Kier alpha value is -2.09. The molecule has 3 rings (SSSR count). The number of rotatable bonds is 4. The molecule has 0 aromatic heterocycles. The van der Waals surface area contributed by atoms with Crippen LogP contribution in [-0.2, 0) is 11.2 Å². The van der Waals surface area contributed by atoms with Crippen molar-refractivity contribution in [2.45, 2.75) is 38.5 Å². The second-order valence-corrected chi connectivity index (χ2v) is 6.14. The number of anilines is 1. The zero-order chi connectivity index (χ0) is 15.2. The standard InChI is InChI=1S/C20H23NO/c22-20(17-11-5-2-6-12-17)21-19-14-8-7-13-18(19)15-16-9-3-1-4-10-16/h1,3-4,7-10,13-14,17H,2,5-6,11-12,15H2,(H,21,22). The van der Waals surface area contributed by atoms with Crippen molar-refractivity contribution in [1.82, 2.24) is 0 Å². The van der Waals surface area contributed by atoms with E-state index in [0.717, 1.165) is 24.9 Å². The SMILES string of the molecule is O=C(Nc1ccccc1Cc1ccccc1)C1CCCCC1. The lowest BCUT2D eigenvalue weighted by atomic mass is 9.88. The highest BCUT2D eigenvalue weighted by atomic mass is 16.1. The summed E-state index contributed by atoms with van der Waals surface area (Å²) in [5, 5.41) is 3.16. The third-order valence-electron chi connectivity index (χ3n) is 4.49. The third-order valence-corrected chi connectivity index (χ3v) is 4.49. The van der Waals surface area contributed by atoms with E-state index in [4.69, 9.17) is 0 Å². The molecule has 1 aliphatic rings. The third kappa shape index (κ3) is 3.76. The molecule has 0 atom stereocenters. The maximum atomic E-state index is 12.5. The van der Waals surface area contributed by atoms with Crippen LogP contribution >= 0.6 is 0 Å². The lowest BCUT2D eigenvalue weighted by Crippen LogP contribution is -2.25. The lowest BCUT2D eigenvalue weighted by molar-refractivity contribution is -0.120. The van der Waals surface area contributed by atoms with Crippen LogP contribution < -0.4 is 5.32 Å². The first-order valence-electron chi connectivity index (χ1n) is 8.25. The largest absolute Gasteiger partial charge is 0.326 e. The van der Waals surface area contributed by atoms with Gasteiger partial charge in [0.1, 0.15) is 0 Å². The van der Waals surface area contributed by atoms with E-state index in [9.17, 15) is 4.79 Å². The minimum absolute atomic E-state index is 0.193. The molecule has 0 heterocycles. The van der Waals surface area contributed by atoms with Gasteiger partial charge in [-0.05, 0) is 36.5 Å². The van der Waals surface area contributed by atoms with Crippen molar-refractivity contribution in [1.29, 1.82) is 0 Å². The number of hydrogen-bond acceptors (Lipinski definition) is 1. The second kappa shape index (κ2) is 7.26. The summed E-state index contributed by atoms with van der Waals surface area (Å²) in [7, 11) is 0. The Bertz CT molecular complexity index is 615. The first-order valence-corrected chi connectivity index (χ1v) is 8.25. The van der Waals surface area contributed by atoms with Crippen LogP contribution in [0.25, 0.3) is 0 Å². The quantitative estimate of drug-likeness (QED) is 0.862. The van der Waals surface area contributed by atoms with Crippen molar-refractivity contribution in [3.63, 3.8) is 0 Å². The van der Waals surface area contributed by atoms with E-state index in [-0.39, 0.29) is 11.8 Å². The van der Waals surface area contributed by atoms with Gasteiger partial charge in [-0.1, -0.05) is 67.8 Å². The van der Waals surface area contributed by atoms with Crippen LogP contribution in [-0.4, -0.2) is 5.91 Å². The Balaban J connectivity index is 1.72. The Morgan fingerprint density at radius 1 is 0.909 bits per heavy atom. The Morgan fingerprint density at radius 3 is 2.36 bits per heavy atom. The van der Waals surface area contributed by atoms with Crippen molar-refractivity contribution in [2.75, 3.05) is 5.32 Å². The van der Waals surface area contributed by atoms with Gasteiger partial charge in [0.2, 0.25) is 5.91 Å². The van der Waals surface area contributed by atoms with Crippen LogP contribution in [0.2, 0.25) is 0 Å². The zero-order valence-electron chi connectivity index (χ0n) is 12.9. The monoisotopic (exact) mass is 293 g/mol. The normalized spacial score (nSPS) is 15.5. The van der Waals surface area contributed by atoms with Crippen LogP contribution in [0.1, 0.15) is 43.2 Å². The van der Waals surface area contributed by atoms with Gasteiger partial charge in [-0.25, -0.2) is 0 Å². The van der Waals surface area contributed by atoms with Gasteiger partial charge >= 0.3 is 0 Å². The van der Waals surface area contributed by atoms with Crippen molar-refractivity contribution >= 4 is 11.6 Å². The topological polar surface area (TPSA) is 29.1 Å². The molecule has 1 fully saturated rings. The van der Waals surface area contributed by atoms with Gasteiger partial charge in [0.15, 0.2) is 0 Å². The predicted octanol–water partition coefficient (Wildman–Crippen LogP) is 4.80. The van der Waals surface area contributed by atoms with Crippen LogP contribution in [0.5, 0.6) is 0 Å². The first-order chi connectivity index (χ1) is 10.8. The van der Waals surface area contributed by atoms with Crippen molar-refractivity contribution in [3.05, 3.63) is 65.7 Å². The van der Waals surface area contributed by atoms with Crippen molar-refractivity contribution in [2.24, 2.45) is 5.92 Å². The molecule has 1 saturated carbocycles. The number of carbonyl (C=O) groups is 1. The van der Waals surface area contributed by atoms with E-state index in [2.05, 4.69) is 35.6 Å². The minimum Gasteiger partial charge on any atom is -0.326 e. The van der Waals surface area contributed by atoms with Crippen LogP contribution in [0.3, 0.4) is 0 Å². The Morgan fingerprint density at radius 2 is 1.59 bits per heavy atom. The lowest BCUT2D eigenvalue weighted by Gasteiger charge is -2.21. The van der Waals surface area contributed by atoms with E-state index in [1.807, 2.05) is 24.3 Å². The maximum Gasteiger partial charge on any atom is 0.227 e. The Labute approximate surface area is 132 Å². The summed E-state index contributed by atoms with van der Waals surface area (Å²) in [6.45, 7) is 0. The predicted molar refractivity (Wildman–Crippen MR) is 90.9 cm³/mol. The number of amides is 1. The van der Waals surface area contributed by atoms with E-state index in [0.29, 0.717) is 0 Å². The average Bonchev–Trinajstić information content (AvgIpc) is 2.58. The minimum atomic E-state index is 0.193. The molecule has 22 heavy (non-hydrogen) atoms. The van der Waals surface area contributed by atoms with Gasteiger partial charge in [-0.3, -0.25) is 4.79 Å². The van der Waals surface area contributed by atoms with Crippen LogP contribution in [0, 0.1) is 5.92 Å². The number of hydrogen-bond donors (Lipinski definition) is 1. The first kappa shape index (κ1) is 14.8. The molecule has 0 saturated heterocycles. The molecule has 2 heteroatoms. The maximum absolute atomic E-state index is 12.5. The van der Waals surface area contributed by atoms with Gasteiger partial charge in [0.25, 0.3) is 0 Å². The zero-order valence-corrected chi connectivity index (χ0v) is 12.9.